The maximum atomic E-state index is 12.7. The average Bonchev–Trinajstić information content (AvgIpc) is 3.39. The van der Waals surface area contributed by atoms with Crippen LogP contribution in [0, 0.1) is 0 Å². The highest BCUT2D eigenvalue weighted by atomic mass is 32.1. The van der Waals surface area contributed by atoms with Gasteiger partial charge in [0.2, 0.25) is 5.91 Å². The summed E-state index contributed by atoms with van der Waals surface area (Å²) < 4.78 is 0. The van der Waals surface area contributed by atoms with Gasteiger partial charge in [-0.3, -0.25) is 14.4 Å². The Labute approximate surface area is 193 Å². The van der Waals surface area contributed by atoms with E-state index >= 15 is 0 Å². The zero-order valence-corrected chi connectivity index (χ0v) is 19.3. The SMILES string of the molecule is CC(NC(=O)c1ncnc2c1CC(=O)N2)c1ncc(C(=O)Nc2cc(C(C)(C)C)ncn2)s1. The van der Waals surface area contributed by atoms with Crippen LogP contribution in [0.1, 0.15) is 70.2 Å². The molecule has 0 saturated carbocycles. The first-order valence-corrected chi connectivity index (χ1v) is 11.0. The molecule has 1 aliphatic rings. The third kappa shape index (κ3) is 4.85. The quantitative estimate of drug-likeness (QED) is 0.518. The predicted molar refractivity (Wildman–Crippen MR) is 121 cm³/mol. The van der Waals surface area contributed by atoms with Gasteiger partial charge in [-0.15, -0.1) is 11.3 Å². The van der Waals surface area contributed by atoms with Crippen LogP contribution in [-0.2, 0) is 16.6 Å². The van der Waals surface area contributed by atoms with E-state index in [1.54, 1.807) is 13.0 Å². The monoisotopic (exact) mass is 466 g/mol. The van der Waals surface area contributed by atoms with Crippen LogP contribution in [0.4, 0.5) is 11.6 Å². The lowest BCUT2D eigenvalue weighted by Crippen LogP contribution is -2.28. The lowest BCUT2D eigenvalue weighted by Gasteiger charge is -2.17. The van der Waals surface area contributed by atoms with Crippen molar-refractivity contribution in [2.45, 2.75) is 45.6 Å². The highest BCUT2D eigenvalue weighted by molar-refractivity contribution is 7.13. The van der Waals surface area contributed by atoms with E-state index in [2.05, 4.69) is 40.9 Å². The number of hydrogen-bond donors (Lipinski definition) is 3. The molecule has 0 aliphatic carbocycles. The van der Waals surface area contributed by atoms with Gasteiger partial charge in [0, 0.05) is 17.0 Å². The number of anilines is 2. The molecule has 3 N–H and O–H groups in total. The Morgan fingerprint density at radius 2 is 1.85 bits per heavy atom. The van der Waals surface area contributed by atoms with Crippen LogP contribution in [-0.4, -0.2) is 42.6 Å². The molecule has 3 aromatic heterocycles. The standard InChI is InChI=1S/C21H22N8O3S/c1-10(27-19(32)16-11-5-15(30)29-17(11)26-9-25-16)20-22-7-12(33-20)18(31)28-14-6-13(21(2,3)4)23-8-24-14/h6-10H,5H2,1-4H3,(H,27,32)(H,23,24,28,31)(H,25,26,29,30). The van der Waals surface area contributed by atoms with Crippen molar-refractivity contribution in [3.05, 3.63) is 51.8 Å². The Morgan fingerprint density at radius 3 is 2.61 bits per heavy atom. The highest BCUT2D eigenvalue weighted by Crippen LogP contribution is 2.25. The number of rotatable bonds is 5. The molecule has 0 radical (unpaired) electrons. The van der Waals surface area contributed by atoms with Gasteiger partial charge in [0.15, 0.2) is 0 Å². The Hall–Kier alpha value is -3.80. The lowest BCUT2D eigenvalue weighted by atomic mass is 9.92. The maximum absolute atomic E-state index is 12.7. The van der Waals surface area contributed by atoms with E-state index in [1.807, 2.05) is 20.8 Å². The van der Waals surface area contributed by atoms with E-state index in [4.69, 9.17) is 0 Å². The second-order valence-corrected chi connectivity index (χ2v) is 9.59. The van der Waals surface area contributed by atoms with Crippen molar-refractivity contribution in [3.63, 3.8) is 0 Å². The zero-order valence-electron chi connectivity index (χ0n) is 18.5. The predicted octanol–water partition coefficient (Wildman–Crippen LogP) is 2.26. The van der Waals surface area contributed by atoms with Gasteiger partial charge >= 0.3 is 0 Å². The Morgan fingerprint density at radius 1 is 1.09 bits per heavy atom. The fourth-order valence-corrected chi connectivity index (χ4v) is 3.97. The summed E-state index contributed by atoms with van der Waals surface area (Å²) in [7, 11) is 0. The van der Waals surface area contributed by atoms with E-state index < -0.39 is 11.9 Å². The molecule has 0 fully saturated rings. The molecule has 12 heteroatoms. The van der Waals surface area contributed by atoms with Gasteiger partial charge in [0.1, 0.15) is 39.9 Å². The molecule has 170 valence electrons. The van der Waals surface area contributed by atoms with Crippen LogP contribution >= 0.6 is 11.3 Å². The van der Waals surface area contributed by atoms with Gasteiger partial charge in [-0.05, 0) is 6.92 Å². The number of nitrogens with one attached hydrogen (secondary N) is 3. The molecule has 0 bridgehead atoms. The summed E-state index contributed by atoms with van der Waals surface area (Å²) in [4.78, 5) is 58.0. The van der Waals surface area contributed by atoms with Gasteiger partial charge in [0.05, 0.1) is 24.4 Å². The van der Waals surface area contributed by atoms with Crippen molar-refractivity contribution in [2.75, 3.05) is 10.6 Å². The van der Waals surface area contributed by atoms with Crippen LogP contribution in [0.2, 0.25) is 0 Å². The van der Waals surface area contributed by atoms with Crippen LogP contribution in [0.15, 0.2) is 24.9 Å². The highest BCUT2D eigenvalue weighted by Gasteiger charge is 2.27. The molecule has 3 aromatic rings. The van der Waals surface area contributed by atoms with Gasteiger partial charge in [-0.25, -0.2) is 24.9 Å². The first-order valence-electron chi connectivity index (χ1n) is 10.2. The second-order valence-electron chi connectivity index (χ2n) is 8.52. The molecule has 1 aliphatic heterocycles. The Bertz CT molecular complexity index is 1250. The molecule has 0 saturated heterocycles. The molecule has 4 rings (SSSR count). The molecule has 0 spiro atoms. The van der Waals surface area contributed by atoms with Crippen molar-refractivity contribution in [3.8, 4) is 0 Å². The molecule has 3 amide bonds. The minimum absolute atomic E-state index is 0.0504. The summed E-state index contributed by atoms with van der Waals surface area (Å²) >= 11 is 1.16. The normalized spacial score (nSPS) is 13.8. The molecule has 0 aromatic carbocycles. The Kier molecular flexibility index (Phi) is 5.85. The molecular weight excluding hydrogens is 444 g/mol. The lowest BCUT2D eigenvalue weighted by molar-refractivity contribution is -0.115. The van der Waals surface area contributed by atoms with Gasteiger partial charge < -0.3 is 16.0 Å². The van der Waals surface area contributed by atoms with E-state index in [-0.39, 0.29) is 29.3 Å². The summed E-state index contributed by atoms with van der Waals surface area (Å²) in [6.07, 6.45) is 4.15. The number of carbonyl (C=O) groups excluding carboxylic acids is 3. The van der Waals surface area contributed by atoms with Gasteiger partial charge in [-0.1, -0.05) is 20.8 Å². The minimum Gasteiger partial charge on any atom is -0.342 e. The smallest absolute Gasteiger partial charge is 0.270 e. The van der Waals surface area contributed by atoms with E-state index in [1.165, 1.54) is 18.9 Å². The first-order chi connectivity index (χ1) is 15.6. The number of hydrogen-bond acceptors (Lipinski definition) is 9. The molecule has 11 nitrogen and oxygen atoms in total. The van der Waals surface area contributed by atoms with Crippen LogP contribution in [0.25, 0.3) is 0 Å². The molecule has 4 heterocycles. The van der Waals surface area contributed by atoms with Crippen LogP contribution in [0.3, 0.4) is 0 Å². The topological polar surface area (TPSA) is 152 Å². The van der Waals surface area contributed by atoms with Crippen molar-refractivity contribution in [1.29, 1.82) is 0 Å². The maximum Gasteiger partial charge on any atom is 0.270 e. The largest absolute Gasteiger partial charge is 0.342 e. The van der Waals surface area contributed by atoms with Crippen LogP contribution in [0.5, 0.6) is 0 Å². The zero-order chi connectivity index (χ0) is 23.8. The van der Waals surface area contributed by atoms with E-state index in [0.717, 1.165) is 17.0 Å². The summed E-state index contributed by atoms with van der Waals surface area (Å²) in [5.41, 5.74) is 1.23. The molecule has 1 atom stereocenters. The molecule has 1 unspecified atom stereocenters. The van der Waals surface area contributed by atoms with E-state index in [0.29, 0.717) is 27.1 Å². The average molecular weight is 467 g/mol. The van der Waals surface area contributed by atoms with Crippen molar-refractivity contribution < 1.29 is 14.4 Å². The third-order valence-corrected chi connectivity index (χ3v) is 6.08. The summed E-state index contributed by atoms with van der Waals surface area (Å²) in [5.74, 6) is -0.289. The Balaban J connectivity index is 1.43. The third-order valence-electron chi connectivity index (χ3n) is 4.90. The van der Waals surface area contributed by atoms with E-state index in [9.17, 15) is 14.4 Å². The van der Waals surface area contributed by atoms with Crippen molar-refractivity contribution >= 4 is 40.7 Å². The number of thiazole rings is 1. The van der Waals surface area contributed by atoms with Crippen molar-refractivity contribution in [1.82, 2.24) is 30.2 Å². The second kappa shape index (κ2) is 8.62. The van der Waals surface area contributed by atoms with Gasteiger partial charge in [0.25, 0.3) is 11.8 Å². The number of amides is 3. The first kappa shape index (κ1) is 22.4. The molecule has 33 heavy (non-hydrogen) atoms. The number of carbonyl (C=O) groups is 3. The summed E-state index contributed by atoms with van der Waals surface area (Å²) in [6.45, 7) is 7.83. The minimum atomic E-state index is -0.480. The summed E-state index contributed by atoms with van der Waals surface area (Å²) in [6, 6.07) is 1.26. The van der Waals surface area contributed by atoms with Crippen LogP contribution < -0.4 is 16.0 Å². The fourth-order valence-electron chi connectivity index (χ4n) is 3.15. The van der Waals surface area contributed by atoms with Crippen molar-refractivity contribution in [2.24, 2.45) is 0 Å². The number of nitrogens with zero attached hydrogens (tertiary/aromatic N) is 5. The fraction of sp³-hybridized carbons (Fsp3) is 0.333. The summed E-state index contributed by atoms with van der Waals surface area (Å²) in [5, 5.41) is 8.71. The number of fused-ring (bicyclic) bond motifs is 1. The number of aromatic nitrogens is 5. The molecular formula is C21H22N8O3S. The van der Waals surface area contributed by atoms with Gasteiger partial charge in [-0.2, -0.15) is 0 Å².